The van der Waals surface area contributed by atoms with Gasteiger partial charge in [-0.05, 0) is 70.9 Å². The van der Waals surface area contributed by atoms with Crippen LogP contribution in [0, 0.1) is 6.92 Å². The Morgan fingerprint density at radius 2 is 1.59 bits per heavy atom. The highest BCUT2D eigenvalue weighted by Gasteiger charge is 2.28. The first kappa shape index (κ1) is 25.2. The van der Waals surface area contributed by atoms with Crippen LogP contribution >= 0.6 is 0 Å². The predicted octanol–water partition coefficient (Wildman–Crippen LogP) is 4.49. The summed E-state index contributed by atoms with van der Waals surface area (Å²) in [6, 6.07) is 14.8. The molecule has 2 rings (SSSR count). The van der Waals surface area contributed by atoms with Gasteiger partial charge in [-0.15, -0.1) is 0 Å². The van der Waals surface area contributed by atoms with E-state index in [1.807, 2.05) is 76.2 Å². The zero-order valence-electron chi connectivity index (χ0n) is 20.1. The summed E-state index contributed by atoms with van der Waals surface area (Å²) in [7, 11) is 1.61. The number of rotatable bonds is 10. The Morgan fingerprint density at radius 3 is 2.16 bits per heavy atom. The fourth-order valence-corrected chi connectivity index (χ4v) is 3.18. The Hall–Kier alpha value is -3.02. The number of aryl methyl sites for hydroxylation is 1. The number of carbonyl (C=O) groups excluding carboxylic acids is 2. The maximum absolute atomic E-state index is 13.1. The van der Waals surface area contributed by atoms with Crippen LogP contribution in [-0.4, -0.2) is 42.0 Å². The molecule has 0 radical (unpaired) electrons. The van der Waals surface area contributed by atoms with Gasteiger partial charge in [-0.2, -0.15) is 0 Å². The second-order valence-corrected chi connectivity index (χ2v) is 9.05. The van der Waals surface area contributed by atoms with Gasteiger partial charge in [0.05, 0.1) is 13.7 Å². The number of carbonyl (C=O) groups is 2. The maximum Gasteiger partial charge on any atom is 0.242 e. The molecule has 2 aromatic carbocycles. The summed E-state index contributed by atoms with van der Waals surface area (Å²) >= 11 is 0. The van der Waals surface area contributed by atoms with Crippen LogP contribution in [0.15, 0.2) is 48.5 Å². The minimum Gasteiger partial charge on any atom is -0.497 e. The van der Waals surface area contributed by atoms with Gasteiger partial charge in [-0.25, -0.2) is 0 Å². The molecule has 0 spiro atoms. The average Bonchev–Trinajstić information content (AvgIpc) is 2.75. The molecule has 32 heavy (non-hydrogen) atoms. The highest BCUT2D eigenvalue weighted by Crippen LogP contribution is 2.17. The number of hydrogen-bond acceptors (Lipinski definition) is 4. The van der Waals surface area contributed by atoms with Crippen LogP contribution in [0.5, 0.6) is 11.5 Å². The quantitative estimate of drug-likeness (QED) is 0.553. The summed E-state index contributed by atoms with van der Waals surface area (Å²) in [5.41, 5.74) is 1.73. The summed E-state index contributed by atoms with van der Waals surface area (Å²) in [6.07, 6.45) is 0.870. The molecular formula is C26H36N2O4. The topological polar surface area (TPSA) is 67.9 Å². The number of benzene rings is 2. The molecule has 0 aliphatic rings. The number of methoxy groups -OCH3 is 1. The summed E-state index contributed by atoms with van der Waals surface area (Å²) in [5, 5.41) is 2.97. The normalized spacial score (nSPS) is 12.1. The minimum atomic E-state index is -0.596. The first-order valence-electron chi connectivity index (χ1n) is 11.0. The van der Waals surface area contributed by atoms with E-state index in [0.29, 0.717) is 26.0 Å². The molecule has 0 aromatic heterocycles. The van der Waals surface area contributed by atoms with Gasteiger partial charge in [0.25, 0.3) is 0 Å². The van der Waals surface area contributed by atoms with Crippen LogP contribution in [0.1, 0.15) is 51.7 Å². The molecule has 0 bridgehead atoms. The Morgan fingerprint density at radius 1 is 1.00 bits per heavy atom. The van der Waals surface area contributed by atoms with E-state index in [4.69, 9.17) is 9.47 Å². The lowest BCUT2D eigenvalue weighted by Crippen LogP contribution is -2.52. The highest BCUT2D eigenvalue weighted by atomic mass is 16.5. The van der Waals surface area contributed by atoms with Crippen molar-refractivity contribution >= 4 is 11.8 Å². The van der Waals surface area contributed by atoms with Crippen LogP contribution in [0.4, 0.5) is 0 Å². The molecule has 2 aromatic rings. The van der Waals surface area contributed by atoms with Crippen molar-refractivity contribution in [2.24, 2.45) is 0 Å². The molecule has 1 N–H and O–H groups in total. The van der Waals surface area contributed by atoms with Crippen molar-refractivity contribution in [1.82, 2.24) is 10.2 Å². The molecule has 6 heteroatoms. The van der Waals surface area contributed by atoms with Crippen molar-refractivity contribution in [2.75, 3.05) is 13.7 Å². The molecule has 0 saturated carbocycles. The lowest BCUT2D eigenvalue weighted by molar-refractivity contribution is -0.141. The van der Waals surface area contributed by atoms with Gasteiger partial charge in [0.15, 0.2) is 0 Å². The van der Waals surface area contributed by atoms with E-state index in [1.165, 1.54) is 5.56 Å². The van der Waals surface area contributed by atoms with Crippen molar-refractivity contribution in [3.05, 3.63) is 59.7 Å². The van der Waals surface area contributed by atoms with Gasteiger partial charge in [0, 0.05) is 18.5 Å². The monoisotopic (exact) mass is 440 g/mol. The van der Waals surface area contributed by atoms with Gasteiger partial charge < -0.3 is 19.7 Å². The van der Waals surface area contributed by atoms with E-state index < -0.39 is 6.04 Å². The summed E-state index contributed by atoms with van der Waals surface area (Å²) in [6.45, 7) is 10.4. The Balaban J connectivity index is 2.03. The molecule has 1 atom stereocenters. The van der Waals surface area contributed by atoms with E-state index in [2.05, 4.69) is 5.32 Å². The lowest BCUT2D eigenvalue weighted by Gasteiger charge is -2.31. The molecule has 0 aliphatic carbocycles. The van der Waals surface area contributed by atoms with Crippen molar-refractivity contribution in [1.29, 1.82) is 0 Å². The van der Waals surface area contributed by atoms with Gasteiger partial charge in [0.1, 0.15) is 17.5 Å². The van der Waals surface area contributed by atoms with Crippen LogP contribution in [0.25, 0.3) is 0 Å². The molecule has 2 amide bonds. The molecule has 0 fully saturated rings. The standard InChI is InChI=1S/C26H36N2O4/c1-19-9-13-23(14-10-19)32-17-7-8-24(29)28(20(2)25(30)27-26(3,4)5)18-21-11-15-22(31-6)16-12-21/h9-16,20H,7-8,17-18H2,1-6H3,(H,27,30)/t20-/m1/s1. The Kier molecular flexibility index (Phi) is 9.12. The molecule has 0 heterocycles. The van der Waals surface area contributed by atoms with Crippen LogP contribution in [-0.2, 0) is 16.1 Å². The zero-order chi connectivity index (χ0) is 23.7. The highest BCUT2D eigenvalue weighted by molar-refractivity contribution is 5.87. The molecule has 0 aliphatic heterocycles. The summed E-state index contributed by atoms with van der Waals surface area (Å²) < 4.78 is 11.0. The smallest absolute Gasteiger partial charge is 0.242 e. The number of hydrogen-bond donors (Lipinski definition) is 1. The Bertz CT molecular complexity index is 870. The fraction of sp³-hybridized carbons (Fsp3) is 0.462. The third kappa shape index (κ3) is 8.25. The van der Waals surface area contributed by atoms with Crippen molar-refractivity contribution in [3.8, 4) is 11.5 Å². The average molecular weight is 441 g/mol. The maximum atomic E-state index is 13.1. The van der Waals surface area contributed by atoms with E-state index in [9.17, 15) is 9.59 Å². The number of nitrogens with one attached hydrogen (secondary N) is 1. The zero-order valence-corrected chi connectivity index (χ0v) is 20.1. The van der Waals surface area contributed by atoms with Crippen molar-refractivity contribution in [2.45, 2.75) is 65.6 Å². The second-order valence-electron chi connectivity index (χ2n) is 9.05. The number of ether oxygens (including phenoxy) is 2. The third-order valence-electron chi connectivity index (χ3n) is 5.00. The van der Waals surface area contributed by atoms with Crippen LogP contribution < -0.4 is 14.8 Å². The summed E-state index contributed by atoms with van der Waals surface area (Å²) in [5.74, 6) is 1.29. The Labute approximate surface area is 191 Å². The van der Waals surface area contributed by atoms with E-state index in [0.717, 1.165) is 17.1 Å². The van der Waals surface area contributed by atoms with Gasteiger partial charge in [0.2, 0.25) is 11.8 Å². The molecule has 174 valence electrons. The molecule has 0 unspecified atom stereocenters. The van der Waals surface area contributed by atoms with Gasteiger partial charge in [-0.1, -0.05) is 29.8 Å². The van der Waals surface area contributed by atoms with Crippen LogP contribution in [0.2, 0.25) is 0 Å². The SMILES string of the molecule is COc1ccc(CN(C(=O)CCCOc2ccc(C)cc2)[C@H](C)C(=O)NC(C)(C)C)cc1. The van der Waals surface area contributed by atoms with Crippen LogP contribution in [0.3, 0.4) is 0 Å². The summed E-state index contributed by atoms with van der Waals surface area (Å²) in [4.78, 5) is 27.5. The molecule has 0 saturated heterocycles. The predicted molar refractivity (Wildman–Crippen MR) is 127 cm³/mol. The first-order chi connectivity index (χ1) is 15.1. The molecular weight excluding hydrogens is 404 g/mol. The number of nitrogens with zero attached hydrogens (tertiary/aromatic N) is 1. The first-order valence-corrected chi connectivity index (χ1v) is 11.0. The van der Waals surface area contributed by atoms with Gasteiger partial charge >= 0.3 is 0 Å². The van der Waals surface area contributed by atoms with E-state index in [-0.39, 0.29) is 17.4 Å². The second kappa shape index (κ2) is 11.6. The van der Waals surface area contributed by atoms with E-state index in [1.54, 1.807) is 18.9 Å². The minimum absolute atomic E-state index is 0.0788. The fourth-order valence-electron chi connectivity index (χ4n) is 3.18. The van der Waals surface area contributed by atoms with Crippen molar-refractivity contribution in [3.63, 3.8) is 0 Å². The van der Waals surface area contributed by atoms with E-state index >= 15 is 0 Å². The lowest BCUT2D eigenvalue weighted by atomic mass is 10.1. The number of amides is 2. The largest absolute Gasteiger partial charge is 0.497 e. The molecule has 6 nitrogen and oxygen atoms in total. The van der Waals surface area contributed by atoms with Gasteiger partial charge in [-0.3, -0.25) is 9.59 Å². The third-order valence-corrected chi connectivity index (χ3v) is 5.00. The van der Waals surface area contributed by atoms with Crippen molar-refractivity contribution < 1.29 is 19.1 Å².